The molecule has 10 aromatic rings. The highest BCUT2D eigenvalue weighted by molar-refractivity contribution is 6.10. The largest absolute Gasteiger partial charge is 0.456 e. The summed E-state index contributed by atoms with van der Waals surface area (Å²) in [6.07, 6.45) is 0. The summed E-state index contributed by atoms with van der Waals surface area (Å²) in [4.78, 5) is 4.70. The van der Waals surface area contributed by atoms with Crippen molar-refractivity contribution in [2.45, 2.75) is 19.3 Å². The zero-order valence-corrected chi connectivity index (χ0v) is 31.3. The van der Waals surface area contributed by atoms with Crippen LogP contribution in [0.4, 0.5) is 34.1 Å². The van der Waals surface area contributed by atoms with Crippen molar-refractivity contribution in [1.82, 2.24) is 0 Å². The second-order valence-electron chi connectivity index (χ2n) is 15.4. The zero-order valence-electron chi connectivity index (χ0n) is 31.3. The first-order valence-corrected chi connectivity index (χ1v) is 19.3. The van der Waals surface area contributed by atoms with Crippen LogP contribution in [0.2, 0.25) is 0 Å². The van der Waals surface area contributed by atoms with Gasteiger partial charge in [-0.3, -0.25) is 0 Å². The van der Waals surface area contributed by atoms with Gasteiger partial charge >= 0.3 is 0 Å². The first kappa shape index (κ1) is 32.3. The fraction of sp³-hybridized carbons (Fsp3) is 0.0566. The Morgan fingerprint density at radius 1 is 0.339 bits per heavy atom. The summed E-state index contributed by atoms with van der Waals surface area (Å²) in [5.41, 5.74) is 13.3. The minimum absolute atomic E-state index is 0.209. The molecule has 1 aliphatic rings. The highest BCUT2D eigenvalue weighted by Gasteiger charge is 2.36. The third-order valence-electron chi connectivity index (χ3n) is 11.8. The molecule has 0 fully saturated rings. The predicted octanol–water partition coefficient (Wildman–Crippen LogP) is 15.1. The van der Waals surface area contributed by atoms with Crippen LogP contribution in [0, 0.1) is 0 Å². The van der Waals surface area contributed by atoms with Gasteiger partial charge in [-0.15, -0.1) is 0 Å². The minimum atomic E-state index is -0.209. The monoisotopic (exact) mass is 718 g/mol. The molecule has 3 heteroatoms. The summed E-state index contributed by atoms with van der Waals surface area (Å²) in [5.74, 6) is 0. The van der Waals surface area contributed by atoms with Crippen LogP contribution in [-0.2, 0) is 5.41 Å². The van der Waals surface area contributed by atoms with E-state index in [-0.39, 0.29) is 5.41 Å². The second-order valence-corrected chi connectivity index (χ2v) is 15.4. The first-order chi connectivity index (χ1) is 27.5. The molecule has 0 N–H and O–H groups in total. The fourth-order valence-electron chi connectivity index (χ4n) is 9.04. The van der Waals surface area contributed by atoms with E-state index >= 15 is 0 Å². The lowest BCUT2D eigenvalue weighted by molar-refractivity contribution is 0.661. The van der Waals surface area contributed by atoms with Gasteiger partial charge in [-0.05, 0) is 129 Å². The number of nitrogens with zero attached hydrogens (tertiary/aromatic N) is 2. The average Bonchev–Trinajstić information content (AvgIpc) is 3.72. The molecule has 9 aromatic carbocycles. The van der Waals surface area contributed by atoms with Gasteiger partial charge in [-0.25, -0.2) is 0 Å². The first-order valence-electron chi connectivity index (χ1n) is 19.3. The standard InChI is InChI=1S/C53H38N2O/c1-53(2)49-32-41(26-28-44(49)48-30-36-25-24-35-14-9-10-21-43(35)47(36)34-50(48)53)55(42-27-29-46-45-22-11-12-23-51(45)56-52(46)33-42)40-20-13-19-39(31-40)54(37-15-5-3-6-16-37)38-17-7-4-8-18-38/h3-34H,1-2H3. The smallest absolute Gasteiger partial charge is 0.137 e. The molecule has 11 rings (SSSR count). The SMILES string of the molecule is CC1(C)c2cc(N(c3cccc(N(c4ccccc4)c4ccccc4)c3)c3ccc4c(c3)oc3ccccc34)ccc2-c2cc3ccc4ccccc4c3cc21. The van der Waals surface area contributed by atoms with E-state index in [2.05, 4.69) is 206 Å². The normalized spacial score (nSPS) is 13.0. The molecule has 0 amide bonds. The molecule has 0 bridgehead atoms. The lowest BCUT2D eigenvalue weighted by Gasteiger charge is -2.30. The van der Waals surface area contributed by atoms with Crippen LogP contribution >= 0.6 is 0 Å². The molecule has 0 radical (unpaired) electrons. The number of benzene rings is 9. The molecule has 0 saturated heterocycles. The third kappa shape index (κ3) is 5.05. The minimum Gasteiger partial charge on any atom is -0.456 e. The van der Waals surface area contributed by atoms with E-state index in [1.165, 1.54) is 43.8 Å². The third-order valence-corrected chi connectivity index (χ3v) is 11.8. The van der Waals surface area contributed by atoms with Gasteiger partial charge in [0.25, 0.3) is 0 Å². The van der Waals surface area contributed by atoms with Crippen molar-refractivity contribution in [3.05, 3.63) is 205 Å². The number of anilines is 6. The molecule has 56 heavy (non-hydrogen) atoms. The Kier molecular flexibility index (Phi) is 7.20. The van der Waals surface area contributed by atoms with Crippen LogP contribution in [0.1, 0.15) is 25.0 Å². The van der Waals surface area contributed by atoms with Gasteiger partial charge in [0.05, 0.1) is 0 Å². The van der Waals surface area contributed by atoms with Crippen molar-refractivity contribution < 1.29 is 4.42 Å². The number of hydrogen-bond acceptors (Lipinski definition) is 3. The molecular weight excluding hydrogens is 681 g/mol. The van der Waals surface area contributed by atoms with Crippen LogP contribution in [0.25, 0.3) is 54.6 Å². The van der Waals surface area contributed by atoms with Crippen molar-refractivity contribution in [3.8, 4) is 11.1 Å². The van der Waals surface area contributed by atoms with Crippen molar-refractivity contribution in [2.24, 2.45) is 0 Å². The number of fused-ring (bicyclic) bond motifs is 9. The Hall–Kier alpha value is -7.10. The summed E-state index contributed by atoms with van der Waals surface area (Å²) in [5, 5.41) is 7.39. The van der Waals surface area contributed by atoms with E-state index in [0.717, 1.165) is 56.1 Å². The summed E-state index contributed by atoms with van der Waals surface area (Å²) >= 11 is 0. The van der Waals surface area contributed by atoms with E-state index in [1.807, 2.05) is 12.1 Å². The molecule has 1 aliphatic carbocycles. The van der Waals surface area contributed by atoms with E-state index in [4.69, 9.17) is 4.42 Å². The average molecular weight is 719 g/mol. The van der Waals surface area contributed by atoms with Gasteiger partial charge in [-0.2, -0.15) is 0 Å². The number of furan rings is 1. The van der Waals surface area contributed by atoms with Crippen LogP contribution < -0.4 is 9.80 Å². The second kappa shape index (κ2) is 12.5. The molecule has 266 valence electrons. The Balaban J connectivity index is 1.10. The van der Waals surface area contributed by atoms with Gasteiger partial charge in [-0.1, -0.05) is 117 Å². The predicted molar refractivity (Wildman–Crippen MR) is 236 cm³/mol. The van der Waals surface area contributed by atoms with Crippen LogP contribution in [-0.4, -0.2) is 0 Å². The number of rotatable bonds is 6. The van der Waals surface area contributed by atoms with Gasteiger partial charge in [0.1, 0.15) is 11.2 Å². The molecule has 1 heterocycles. The van der Waals surface area contributed by atoms with E-state index in [9.17, 15) is 0 Å². The highest BCUT2D eigenvalue weighted by atomic mass is 16.3. The van der Waals surface area contributed by atoms with Gasteiger partial charge in [0, 0.05) is 56.4 Å². The lowest BCUT2D eigenvalue weighted by Crippen LogP contribution is -2.17. The van der Waals surface area contributed by atoms with Crippen LogP contribution in [0.5, 0.6) is 0 Å². The zero-order chi connectivity index (χ0) is 37.4. The summed E-state index contributed by atoms with van der Waals surface area (Å²) < 4.78 is 6.48. The van der Waals surface area contributed by atoms with E-state index in [1.54, 1.807) is 0 Å². The molecule has 0 spiro atoms. The summed E-state index contributed by atoms with van der Waals surface area (Å²) in [6, 6.07) is 70.1. The van der Waals surface area contributed by atoms with Crippen LogP contribution in [0.15, 0.2) is 199 Å². The Labute approximate surface area is 326 Å². The molecule has 0 atom stereocenters. The molecule has 0 unspecified atom stereocenters. The fourth-order valence-corrected chi connectivity index (χ4v) is 9.04. The molecule has 1 aromatic heterocycles. The van der Waals surface area contributed by atoms with E-state index in [0.29, 0.717) is 0 Å². The topological polar surface area (TPSA) is 19.6 Å². The number of hydrogen-bond donors (Lipinski definition) is 0. The van der Waals surface area contributed by atoms with Crippen molar-refractivity contribution in [1.29, 1.82) is 0 Å². The Morgan fingerprint density at radius 3 is 1.66 bits per heavy atom. The molecule has 0 saturated carbocycles. The number of para-hydroxylation sites is 3. The van der Waals surface area contributed by atoms with Gasteiger partial charge < -0.3 is 14.2 Å². The summed E-state index contributed by atoms with van der Waals surface area (Å²) in [7, 11) is 0. The van der Waals surface area contributed by atoms with Gasteiger partial charge in [0.15, 0.2) is 0 Å². The molecular formula is C53H38N2O. The molecule has 0 aliphatic heterocycles. The lowest BCUT2D eigenvalue weighted by atomic mass is 9.81. The van der Waals surface area contributed by atoms with Crippen molar-refractivity contribution in [2.75, 3.05) is 9.80 Å². The molecule has 3 nitrogen and oxygen atoms in total. The highest BCUT2D eigenvalue weighted by Crippen LogP contribution is 2.52. The maximum Gasteiger partial charge on any atom is 0.137 e. The van der Waals surface area contributed by atoms with Crippen molar-refractivity contribution >= 4 is 77.6 Å². The Morgan fingerprint density at radius 2 is 0.893 bits per heavy atom. The maximum atomic E-state index is 6.48. The summed E-state index contributed by atoms with van der Waals surface area (Å²) in [6.45, 7) is 4.75. The van der Waals surface area contributed by atoms with Crippen molar-refractivity contribution in [3.63, 3.8) is 0 Å². The Bertz CT molecular complexity index is 3080. The van der Waals surface area contributed by atoms with Gasteiger partial charge in [0.2, 0.25) is 0 Å². The maximum absolute atomic E-state index is 6.48. The van der Waals surface area contributed by atoms with E-state index < -0.39 is 0 Å². The van der Waals surface area contributed by atoms with Crippen LogP contribution in [0.3, 0.4) is 0 Å². The quantitative estimate of drug-likeness (QED) is 0.160.